The molecular formula is C20H31N3O3. The predicted molar refractivity (Wildman–Crippen MR) is 99.6 cm³/mol. The van der Waals surface area contributed by atoms with Gasteiger partial charge in [-0.1, -0.05) is 6.07 Å². The van der Waals surface area contributed by atoms with E-state index in [2.05, 4.69) is 23.7 Å². The quantitative estimate of drug-likeness (QED) is 0.743. The first-order valence-electron chi connectivity index (χ1n) is 9.62. The van der Waals surface area contributed by atoms with Crippen LogP contribution in [-0.2, 0) is 20.9 Å². The summed E-state index contributed by atoms with van der Waals surface area (Å²) in [5.41, 5.74) is 1.09. The summed E-state index contributed by atoms with van der Waals surface area (Å²) >= 11 is 0. The number of morpholine rings is 1. The molecule has 3 rings (SSSR count). The molecule has 3 atom stereocenters. The Morgan fingerprint density at radius 1 is 1.46 bits per heavy atom. The van der Waals surface area contributed by atoms with Gasteiger partial charge in [0.15, 0.2) is 0 Å². The van der Waals surface area contributed by atoms with Gasteiger partial charge in [-0.3, -0.25) is 14.7 Å². The van der Waals surface area contributed by atoms with Gasteiger partial charge in [0.1, 0.15) is 0 Å². The van der Waals surface area contributed by atoms with Crippen molar-refractivity contribution in [2.45, 2.75) is 51.5 Å². The molecule has 0 spiro atoms. The van der Waals surface area contributed by atoms with Crippen molar-refractivity contribution in [3.8, 4) is 0 Å². The fourth-order valence-electron chi connectivity index (χ4n) is 3.81. The largest absolute Gasteiger partial charge is 0.376 e. The van der Waals surface area contributed by atoms with E-state index in [0.717, 1.165) is 18.4 Å². The Morgan fingerprint density at radius 2 is 2.31 bits per heavy atom. The van der Waals surface area contributed by atoms with E-state index in [1.54, 1.807) is 6.20 Å². The number of pyridine rings is 1. The maximum absolute atomic E-state index is 12.8. The summed E-state index contributed by atoms with van der Waals surface area (Å²) in [4.78, 5) is 21.0. The highest BCUT2D eigenvalue weighted by molar-refractivity contribution is 5.78. The second-order valence-electron chi connectivity index (χ2n) is 7.79. The number of aromatic nitrogens is 1. The van der Waals surface area contributed by atoms with E-state index in [1.165, 1.54) is 0 Å². The molecule has 1 aromatic rings. The smallest absolute Gasteiger partial charge is 0.237 e. The topological polar surface area (TPSA) is 54.9 Å². The van der Waals surface area contributed by atoms with E-state index in [4.69, 9.17) is 9.47 Å². The first-order chi connectivity index (χ1) is 12.5. The van der Waals surface area contributed by atoms with E-state index in [0.29, 0.717) is 44.9 Å². The average Bonchev–Trinajstić information content (AvgIpc) is 3.05. The molecule has 2 aliphatic rings. The third kappa shape index (κ3) is 4.81. The molecule has 1 amide bonds. The number of nitrogens with zero attached hydrogens (tertiary/aromatic N) is 3. The van der Waals surface area contributed by atoms with Crippen LogP contribution < -0.4 is 0 Å². The zero-order valence-electron chi connectivity index (χ0n) is 16.1. The summed E-state index contributed by atoms with van der Waals surface area (Å²) < 4.78 is 11.9. The Hall–Kier alpha value is -1.50. The minimum absolute atomic E-state index is 0.157. The number of carbonyl (C=O) groups is 1. The third-order valence-corrected chi connectivity index (χ3v) is 5.57. The molecule has 1 saturated heterocycles. The van der Waals surface area contributed by atoms with Crippen molar-refractivity contribution in [3.63, 3.8) is 0 Å². The lowest BCUT2D eigenvalue weighted by Crippen LogP contribution is -2.54. The van der Waals surface area contributed by atoms with Gasteiger partial charge in [0.05, 0.1) is 38.5 Å². The Bertz CT molecular complexity index is 581. The van der Waals surface area contributed by atoms with Crippen molar-refractivity contribution in [1.29, 1.82) is 0 Å². The Labute approximate surface area is 156 Å². The number of likely N-dealkylation sites (N-methyl/N-ethyl adjacent to an activating group) is 1. The van der Waals surface area contributed by atoms with Gasteiger partial charge >= 0.3 is 0 Å². The van der Waals surface area contributed by atoms with Crippen molar-refractivity contribution in [2.75, 3.05) is 33.4 Å². The maximum atomic E-state index is 12.8. The molecule has 2 heterocycles. The predicted octanol–water partition coefficient (Wildman–Crippen LogP) is 1.94. The fourth-order valence-corrected chi connectivity index (χ4v) is 3.81. The molecule has 6 nitrogen and oxygen atoms in total. The SMILES string of the molecule is CC(C)N(C)CC(=O)N1CCOC2CC(COCc3cccnc3)CC21. The van der Waals surface area contributed by atoms with Crippen LogP contribution in [0.15, 0.2) is 24.5 Å². The number of rotatable bonds is 7. The number of amides is 1. The Kier molecular flexibility index (Phi) is 6.62. The minimum atomic E-state index is 0.157. The van der Waals surface area contributed by atoms with E-state index < -0.39 is 0 Å². The summed E-state index contributed by atoms with van der Waals surface area (Å²) in [6.45, 7) is 7.34. The standard InChI is InChI=1S/C20H31N3O3/c1-15(2)22(3)12-20(24)23-7-8-26-19-10-17(9-18(19)23)14-25-13-16-5-4-6-21-11-16/h4-6,11,15,17-19H,7-10,12-14H2,1-3H3. The zero-order chi connectivity index (χ0) is 18.5. The van der Waals surface area contributed by atoms with Gasteiger partial charge in [-0.2, -0.15) is 0 Å². The van der Waals surface area contributed by atoms with E-state index in [-0.39, 0.29) is 18.1 Å². The maximum Gasteiger partial charge on any atom is 0.237 e. The van der Waals surface area contributed by atoms with Gasteiger partial charge in [0, 0.05) is 25.0 Å². The highest BCUT2D eigenvalue weighted by Crippen LogP contribution is 2.34. The van der Waals surface area contributed by atoms with Crippen LogP contribution in [0.2, 0.25) is 0 Å². The average molecular weight is 361 g/mol. The lowest BCUT2D eigenvalue weighted by molar-refractivity contribution is -0.145. The molecule has 1 aromatic heterocycles. The van der Waals surface area contributed by atoms with Crippen molar-refractivity contribution in [3.05, 3.63) is 30.1 Å². The summed E-state index contributed by atoms with van der Waals surface area (Å²) in [7, 11) is 2.00. The normalized spacial score (nSPS) is 25.7. The van der Waals surface area contributed by atoms with Crippen LogP contribution in [0.4, 0.5) is 0 Å². The molecule has 1 saturated carbocycles. The van der Waals surface area contributed by atoms with Crippen LogP contribution in [-0.4, -0.2) is 72.2 Å². The van der Waals surface area contributed by atoms with E-state index in [9.17, 15) is 4.79 Å². The second-order valence-corrected chi connectivity index (χ2v) is 7.79. The molecule has 6 heteroatoms. The Morgan fingerprint density at radius 3 is 3.04 bits per heavy atom. The first-order valence-corrected chi connectivity index (χ1v) is 9.62. The van der Waals surface area contributed by atoms with Crippen LogP contribution in [0.3, 0.4) is 0 Å². The van der Waals surface area contributed by atoms with Crippen LogP contribution in [0.25, 0.3) is 0 Å². The molecule has 0 N–H and O–H groups in total. The number of carbonyl (C=O) groups excluding carboxylic acids is 1. The molecule has 0 radical (unpaired) electrons. The summed E-state index contributed by atoms with van der Waals surface area (Å²) in [5, 5.41) is 0. The molecule has 1 aliphatic carbocycles. The number of hydrogen-bond donors (Lipinski definition) is 0. The molecule has 2 fully saturated rings. The van der Waals surface area contributed by atoms with Gasteiger partial charge in [-0.25, -0.2) is 0 Å². The lowest BCUT2D eigenvalue weighted by atomic mass is 10.1. The van der Waals surface area contributed by atoms with Crippen LogP contribution >= 0.6 is 0 Å². The monoisotopic (exact) mass is 361 g/mol. The zero-order valence-corrected chi connectivity index (χ0v) is 16.1. The van der Waals surface area contributed by atoms with Crippen molar-refractivity contribution < 1.29 is 14.3 Å². The number of hydrogen-bond acceptors (Lipinski definition) is 5. The van der Waals surface area contributed by atoms with E-state index in [1.807, 2.05) is 30.3 Å². The van der Waals surface area contributed by atoms with Crippen LogP contribution in [0.1, 0.15) is 32.3 Å². The molecule has 0 bridgehead atoms. The molecule has 144 valence electrons. The second kappa shape index (κ2) is 8.93. The highest BCUT2D eigenvalue weighted by atomic mass is 16.5. The number of ether oxygens (including phenoxy) is 2. The lowest BCUT2D eigenvalue weighted by Gasteiger charge is -2.38. The minimum Gasteiger partial charge on any atom is -0.376 e. The molecule has 1 aliphatic heterocycles. The Balaban J connectivity index is 1.50. The van der Waals surface area contributed by atoms with Gasteiger partial charge in [0.2, 0.25) is 5.91 Å². The van der Waals surface area contributed by atoms with Crippen molar-refractivity contribution >= 4 is 5.91 Å². The van der Waals surface area contributed by atoms with Gasteiger partial charge < -0.3 is 14.4 Å². The van der Waals surface area contributed by atoms with Gasteiger partial charge in [0.25, 0.3) is 0 Å². The molecular weight excluding hydrogens is 330 g/mol. The highest BCUT2D eigenvalue weighted by Gasteiger charge is 2.42. The fraction of sp³-hybridized carbons (Fsp3) is 0.700. The van der Waals surface area contributed by atoms with Crippen LogP contribution in [0, 0.1) is 5.92 Å². The molecule has 0 aromatic carbocycles. The number of fused-ring (bicyclic) bond motifs is 1. The van der Waals surface area contributed by atoms with Crippen molar-refractivity contribution in [2.24, 2.45) is 5.92 Å². The summed E-state index contributed by atoms with van der Waals surface area (Å²) in [6.07, 6.45) is 5.70. The van der Waals surface area contributed by atoms with Crippen molar-refractivity contribution in [1.82, 2.24) is 14.8 Å². The molecule has 26 heavy (non-hydrogen) atoms. The van der Waals surface area contributed by atoms with Gasteiger partial charge in [-0.15, -0.1) is 0 Å². The van der Waals surface area contributed by atoms with E-state index >= 15 is 0 Å². The van der Waals surface area contributed by atoms with Gasteiger partial charge in [-0.05, 0) is 51.3 Å². The van der Waals surface area contributed by atoms with Crippen LogP contribution in [0.5, 0.6) is 0 Å². The summed E-state index contributed by atoms with van der Waals surface area (Å²) in [6, 6.07) is 4.52. The summed E-state index contributed by atoms with van der Waals surface area (Å²) in [5.74, 6) is 0.661. The molecule has 3 unspecified atom stereocenters. The third-order valence-electron chi connectivity index (χ3n) is 5.57. The first kappa shape index (κ1) is 19.3.